The number of hydrogen-bond donors (Lipinski definition) is 2. The maximum absolute atomic E-state index is 13.1. The van der Waals surface area contributed by atoms with E-state index in [9.17, 15) is 15.0 Å². The van der Waals surface area contributed by atoms with Gasteiger partial charge in [-0.3, -0.25) is 4.79 Å². The normalized spacial score (nSPS) is 57.9. The van der Waals surface area contributed by atoms with Crippen LogP contribution in [0.15, 0.2) is 0 Å². The molecule has 4 rings (SSSR count). The molecule has 0 unspecified atom stereocenters. The smallest absolute Gasteiger partial charge is 0.137 e. The highest BCUT2D eigenvalue weighted by Crippen LogP contribution is 2.65. The Bertz CT molecular complexity index is 489. The fourth-order valence-corrected chi connectivity index (χ4v) is 7.03. The van der Waals surface area contributed by atoms with Gasteiger partial charge in [-0.15, -0.1) is 0 Å². The fraction of sp³-hybridized carbons (Fsp3) is 0.947. The molecular formula is C19H30O3. The van der Waals surface area contributed by atoms with Crippen molar-refractivity contribution in [2.45, 2.75) is 77.4 Å². The summed E-state index contributed by atoms with van der Waals surface area (Å²) in [6, 6.07) is 0. The van der Waals surface area contributed by atoms with E-state index in [0.29, 0.717) is 30.0 Å². The number of carbonyl (C=O) groups excluding carboxylic acids is 1. The zero-order chi connectivity index (χ0) is 15.7. The zero-order valence-corrected chi connectivity index (χ0v) is 13.9. The molecular weight excluding hydrogens is 276 g/mol. The second-order valence-corrected chi connectivity index (χ2v) is 9.20. The summed E-state index contributed by atoms with van der Waals surface area (Å²) in [4.78, 5) is 13.1. The molecule has 2 N–H and O–H groups in total. The number of Topliss-reactive ketones (excluding diaryl/α,β-unsaturated/α-hetero) is 1. The minimum absolute atomic E-state index is 0.0914. The quantitative estimate of drug-likeness (QED) is 0.723. The summed E-state index contributed by atoms with van der Waals surface area (Å²) in [7, 11) is 0. The fourth-order valence-electron chi connectivity index (χ4n) is 7.03. The van der Waals surface area contributed by atoms with Gasteiger partial charge in [0.2, 0.25) is 0 Å². The number of fused-ring (bicyclic) bond motifs is 5. The summed E-state index contributed by atoms with van der Waals surface area (Å²) < 4.78 is 0. The molecule has 0 saturated heterocycles. The molecule has 124 valence electrons. The van der Waals surface area contributed by atoms with E-state index >= 15 is 0 Å². The van der Waals surface area contributed by atoms with Crippen molar-refractivity contribution in [3.63, 3.8) is 0 Å². The summed E-state index contributed by atoms with van der Waals surface area (Å²) in [5.41, 5.74) is -0.0796. The highest BCUT2D eigenvalue weighted by Gasteiger charge is 2.63. The number of aliphatic hydroxyl groups excluding tert-OH is 2. The molecule has 4 fully saturated rings. The molecule has 0 aromatic carbocycles. The van der Waals surface area contributed by atoms with Crippen LogP contribution < -0.4 is 0 Å². The van der Waals surface area contributed by atoms with Crippen LogP contribution in [-0.4, -0.2) is 28.2 Å². The first-order valence-corrected chi connectivity index (χ1v) is 9.25. The SMILES string of the molecule is C[C@]12CC[C@@H](O)C[C@H]1CC[C@H]1[C@H]2C(=O)C[C@]2(C)[C@@H](O)CC[C@@H]12. The van der Waals surface area contributed by atoms with Crippen molar-refractivity contribution >= 4 is 5.78 Å². The van der Waals surface area contributed by atoms with Crippen LogP contribution in [0.5, 0.6) is 0 Å². The van der Waals surface area contributed by atoms with Gasteiger partial charge in [-0.1, -0.05) is 13.8 Å². The minimum atomic E-state index is -0.291. The highest BCUT2D eigenvalue weighted by atomic mass is 16.3. The number of hydrogen-bond acceptors (Lipinski definition) is 3. The third kappa shape index (κ3) is 1.84. The van der Waals surface area contributed by atoms with Crippen LogP contribution in [0.3, 0.4) is 0 Å². The first-order valence-electron chi connectivity index (χ1n) is 9.25. The van der Waals surface area contributed by atoms with Crippen molar-refractivity contribution < 1.29 is 15.0 Å². The van der Waals surface area contributed by atoms with Crippen molar-refractivity contribution in [2.24, 2.45) is 34.5 Å². The Balaban J connectivity index is 1.69. The maximum Gasteiger partial charge on any atom is 0.137 e. The monoisotopic (exact) mass is 306 g/mol. The average molecular weight is 306 g/mol. The van der Waals surface area contributed by atoms with Gasteiger partial charge in [-0.25, -0.2) is 0 Å². The predicted octanol–water partition coefficient (Wildman–Crippen LogP) is 2.93. The van der Waals surface area contributed by atoms with E-state index in [0.717, 1.165) is 44.9 Å². The molecule has 0 radical (unpaired) electrons. The molecule has 0 bridgehead atoms. The van der Waals surface area contributed by atoms with Crippen molar-refractivity contribution in [2.75, 3.05) is 0 Å². The molecule has 4 aliphatic rings. The number of ketones is 1. The first kappa shape index (κ1) is 15.1. The lowest BCUT2D eigenvalue weighted by Gasteiger charge is -2.59. The summed E-state index contributed by atoms with van der Waals surface area (Å²) in [5, 5.41) is 20.5. The molecule has 0 aliphatic heterocycles. The van der Waals surface area contributed by atoms with E-state index in [1.807, 2.05) is 0 Å². The van der Waals surface area contributed by atoms with Gasteiger partial charge >= 0.3 is 0 Å². The second-order valence-electron chi connectivity index (χ2n) is 9.20. The van der Waals surface area contributed by atoms with Crippen LogP contribution in [0.4, 0.5) is 0 Å². The Morgan fingerprint density at radius 1 is 1.00 bits per heavy atom. The molecule has 4 saturated carbocycles. The minimum Gasteiger partial charge on any atom is -0.393 e. The van der Waals surface area contributed by atoms with Crippen LogP contribution in [0.1, 0.15) is 65.2 Å². The highest BCUT2D eigenvalue weighted by molar-refractivity contribution is 5.84. The van der Waals surface area contributed by atoms with Crippen molar-refractivity contribution in [3.05, 3.63) is 0 Å². The van der Waals surface area contributed by atoms with E-state index in [2.05, 4.69) is 13.8 Å². The van der Waals surface area contributed by atoms with Crippen LogP contribution >= 0.6 is 0 Å². The number of carbonyl (C=O) groups is 1. The van der Waals surface area contributed by atoms with Gasteiger partial charge in [-0.2, -0.15) is 0 Å². The molecule has 0 spiro atoms. The van der Waals surface area contributed by atoms with E-state index < -0.39 is 0 Å². The summed E-state index contributed by atoms with van der Waals surface area (Å²) in [5.74, 6) is 2.10. The van der Waals surface area contributed by atoms with Crippen molar-refractivity contribution in [1.29, 1.82) is 0 Å². The zero-order valence-electron chi connectivity index (χ0n) is 13.9. The van der Waals surface area contributed by atoms with Crippen LogP contribution in [-0.2, 0) is 4.79 Å². The summed E-state index contributed by atoms with van der Waals surface area (Å²) in [6.45, 7) is 4.48. The molecule has 3 heteroatoms. The summed E-state index contributed by atoms with van der Waals surface area (Å²) in [6.07, 6.45) is 7.11. The molecule has 22 heavy (non-hydrogen) atoms. The van der Waals surface area contributed by atoms with Gasteiger partial charge in [0.15, 0.2) is 0 Å². The van der Waals surface area contributed by atoms with E-state index in [1.54, 1.807) is 0 Å². The van der Waals surface area contributed by atoms with Gasteiger partial charge in [0.25, 0.3) is 0 Å². The first-order chi connectivity index (χ1) is 10.4. The number of aliphatic hydroxyl groups is 2. The third-order valence-corrected chi connectivity index (χ3v) is 8.27. The number of rotatable bonds is 0. The molecule has 0 amide bonds. The lowest BCUT2D eigenvalue weighted by Crippen LogP contribution is -2.58. The topological polar surface area (TPSA) is 57.5 Å². The molecule has 8 atom stereocenters. The Morgan fingerprint density at radius 3 is 2.55 bits per heavy atom. The van der Waals surface area contributed by atoms with E-state index in [4.69, 9.17) is 0 Å². The predicted molar refractivity (Wildman–Crippen MR) is 84.1 cm³/mol. The van der Waals surface area contributed by atoms with Gasteiger partial charge in [-0.05, 0) is 68.1 Å². The standard InChI is InChI=1S/C19H30O3/c1-18-8-7-12(20)9-11(18)3-4-13-14-5-6-16(22)19(14,2)10-15(21)17(13)18/h11-14,16-17,20,22H,3-10H2,1-2H3/t11-,12-,13-,14+,16+,17+,18+,19+/m1/s1. The van der Waals surface area contributed by atoms with Crippen molar-refractivity contribution in [3.8, 4) is 0 Å². The van der Waals surface area contributed by atoms with Crippen LogP contribution in [0.25, 0.3) is 0 Å². The second kappa shape index (κ2) is 4.80. The summed E-state index contributed by atoms with van der Waals surface area (Å²) >= 11 is 0. The molecule has 3 nitrogen and oxygen atoms in total. The molecule has 0 aromatic heterocycles. The Kier molecular flexibility index (Phi) is 3.30. The maximum atomic E-state index is 13.1. The molecule has 0 aromatic rings. The van der Waals surface area contributed by atoms with E-state index in [1.165, 1.54) is 0 Å². The Labute approximate surface area is 133 Å². The average Bonchev–Trinajstić information content (AvgIpc) is 2.75. The lowest BCUT2D eigenvalue weighted by molar-refractivity contribution is -0.164. The van der Waals surface area contributed by atoms with Crippen molar-refractivity contribution in [1.82, 2.24) is 0 Å². The molecule has 4 aliphatic carbocycles. The van der Waals surface area contributed by atoms with Gasteiger partial charge in [0, 0.05) is 17.8 Å². The molecule has 0 heterocycles. The van der Waals surface area contributed by atoms with Gasteiger partial charge < -0.3 is 10.2 Å². The van der Waals surface area contributed by atoms with Crippen LogP contribution in [0, 0.1) is 34.5 Å². The van der Waals surface area contributed by atoms with E-state index in [-0.39, 0.29) is 29.0 Å². The largest absolute Gasteiger partial charge is 0.393 e. The third-order valence-electron chi connectivity index (χ3n) is 8.27. The van der Waals surface area contributed by atoms with Gasteiger partial charge in [0.1, 0.15) is 5.78 Å². The lowest BCUT2D eigenvalue weighted by atomic mass is 9.45. The Hall–Kier alpha value is -0.410. The van der Waals surface area contributed by atoms with Gasteiger partial charge in [0.05, 0.1) is 12.2 Å². The van der Waals surface area contributed by atoms with Crippen LogP contribution in [0.2, 0.25) is 0 Å². The Morgan fingerprint density at radius 2 is 1.77 bits per heavy atom.